The molecule has 0 unspecified atom stereocenters. The van der Waals surface area contributed by atoms with E-state index in [0.717, 1.165) is 16.5 Å². The lowest BCUT2D eigenvalue weighted by Crippen LogP contribution is -2.22. The first-order chi connectivity index (χ1) is 11.1. The van der Waals surface area contributed by atoms with Gasteiger partial charge >= 0.3 is 0 Å². The number of amides is 1. The van der Waals surface area contributed by atoms with E-state index >= 15 is 0 Å². The van der Waals surface area contributed by atoms with Gasteiger partial charge in [-0.1, -0.05) is 19.8 Å². The molecule has 1 amide bonds. The van der Waals surface area contributed by atoms with Gasteiger partial charge in [-0.3, -0.25) is 4.79 Å². The van der Waals surface area contributed by atoms with Gasteiger partial charge in [-0.05, 0) is 52.2 Å². The van der Waals surface area contributed by atoms with Crippen LogP contribution in [0.2, 0.25) is 0 Å². The third-order valence-corrected chi connectivity index (χ3v) is 6.17. The average Bonchev–Trinajstić information content (AvgIpc) is 2.91. The van der Waals surface area contributed by atoms with Crippen molar-refractivity contribution in [1.82, 2.24) is 5.43 Å². The van der Waals surface area contributed by atoms with Crippen LogP contribution >= 0.6 is 15.9 Å². The van der Waals surface area contributed by atoms with Crippen LogP contribution in [-0.2, 0) is 4.79 Å². The molecule has 1 heterocycles. The summed E-state index contributed by atoms with van der Waals surface area (Å²) in [5.41, 5.74) is 3.75. The van der Waals surface area contributed by atoms with E-state index in [-0.39, 0.29) is 24.0 Å². The summed E-state index contributed by atoms with van der Waals surface area (Å²) in [7, 11) is 0. The molecular formula is C17H19BrN2O3. The second-order valence-electron chi connectivity index (χ2n) is 6.80. The number of ether oxygens (including phenoxy) is 2. The van der Waals surface area contributed by atoms with Crippen LogP contribution in [0.15, 0.2) is 21.7 Å². The number of hydrogen-bond donors (Lipinski definition) is 1. The van der Waals surface area contributed by atoms with Crippen LogP contribution in [0, 0.1) is 17.3 Å². The Hall–Kier alpha value is -1.56. The molecule has 4 rings (SSSR count). The molecule has 3 atom stereocenters. The lowest BCUT2D eigenvalue weighted by atomic mass is 9.90. The SMILES string of the molecule is C[C@]12CCCC[C@H]1[C@@H]2C(=O)NN=Cc1cc2c(cc1Br)OCO2. The molecule has 1 aromatic rings. The van der Waals surface area contributed by atoms with Crippen LogP contribution in [0.3, 0.4) is 0 Å². The number of carbonyl (C=O) groups excluding carboxylic acids is 1. The Labute approximate surface area is 143 Å². The van der Waals surface area contributed by atoms with Crippen LogP contribution in [0.1, 0.15) is 38.2 Å². The first-order valence-corrected chi connectivity index (χ1v) is 8.81. The van der Waals surface area contributed by atoms with Gasteiger partial charge in [-0.15, -0.1) is 0 Å². The average molecular weight is 379 g/mol. The third-order valence-electron chi connectivity index (χ3n) is 5.48. The second-order valence-corrected chi connectivity index (χ2v) is 7.65. The Morgan fingerprint density at radius 1 is 1.39 bits per heavy atom. The highest BCUT2D eigenvalue weighted by molar-refractivity contribution is 9.10. The summed E-state index contributed by atoms with van der Waals surface area (Å²) < 4.78 is 11.5. The number of nitrogens with zero attached hydrogens (tertiary/aromatic N) is 1. The van der Waals surface area contributed by atoms with E-state index in [1.165, 1.54) is 19.3 Å². The number of benzene rings is 1. The van der Waals surface area contributed by atoms with Crippen molar-refractivity contribution >= 4 is 28.1 Å². The molecule has 2 fully saturated rings. The molecule has 1 aromatic carbocycles. The Morgan fingerprint density at radius 2 is 2.17 bits per heavy atom. The summed E-state index contributed by atoms with van der Waals surface area (Å²) in [5, 5.41) is 4.13. The van der Waals surface area contributed by atoms with Crippen molar-refractivity contribution < 1.29 is 14.3 Å². The molecule has 0 radical (unpaired) electrons. The number of halogens is 1. The number of fused-ring (bicyclic) bond motifs is 2. The van der Waals surface area contributed by atoms with Crippen LogP contribution in [0.25, 0.3) is 0 Å². The predicted molar refractivity (Wildman–Crippen MR) is 89.6 cm³/mol. The van der Waals surface area contributed by atoms with E-state index < -0.39 is 0 Å². The van der Waals surface area contributed by atoms with Crippen LogP contribution in [0.5, 0.6) is 11.5 Å². The van der Waals surface area contributed by atoms with Gasteiger partial charge in [-0.25, -0.2) is 5.43 Å². The highest BCUT2D eigenvalue weighted by Gasteiger charge is 2.64. The van der Waals surface area contributed by atoms with Crippen LogP contribution < -0.4 is 14.9 Å². The molecule has 0 saturated heterocycles. The standard InChI is InChI=1S/C17H19BrN2O3/c1-17-5-3-2-4-11(17)15(17)16(21)20-19-8-10-6-13-14(7-12(10)18)23-9-22-13/h6-8,11,15H,2-5,9H2,1H3,(H,20,21)/t11-,15+,17-/m0/s1. The van der Waals surface area contributed by atoms with Gasteiger partial charge in [0.15, 0.2) is 11.5 Å². The van der Waals surface area contributed by atoms with Gasteiger partial charge in [0.25, 0.3) is 0 Å². The Morgan fingerprint density at radius 3 is 2.91 bits per heavy atom. The first kappa shape index (κ1) is 15.0. The largest absolute Gasteiger partial charge is 0.454 e. The number of carbonyl (C=O) groups is 1. The van der Waals surface area contributed by atoms with Crippen molar-refractivity contribution in [1.29, 1.82) is 0 Å². The summed E-state index contributed by atoms with van der Waals surface area (Å²) in [5.74, 6) is 2.13. The molecule has 0 bridgehead atoms. The number of hydrazone groups is 1. The third kappa shape index (κ3) is 2.53. The topological polar surface area (TPSA) is 59.9 Å². The summed E-state index contributed by atoms with van der Waals surface area (Å²) in [6, 6.07) is 3.70. The van der Waals surface area contributed by atoms with Gasteiger partial charge in [0.2, 0.25) is 12.7 Å². The highest BCUT2D eigenvalue weighted by atomic mass is 79.9. The van der Waals surface area contributed by atoms with E-state index in [9.17, 15) is 4.79 Å². The quantitative estimate of drug-likeness (QED) is 0.647. The van der Waals surface area contributed by atoms with Gasteiger partial charge in [0, 0.05) is 16.0 Å². The minimum Gasteiger partial charge on any atom is -0.454 e. The van der Waals surface area contributed by atoms with Crippen molar-refractivity contribution in [3.63, 3.8) is 0 Å². The Kier molecular flexibility index (Phi) is 3.59. The Bertz CT molecular complexity index is 691. The molecule has 3 aliphatic rings. The molecule has 6 heteroatoms. The highest BCUT2D eigenvalue weighted by Crippen LogP contribution is 2.66. The summed E-state index contributed by atoms with van der Waals surface area (Å²) >= 11 is 3.48. The molecule has 2 aliphatic carbocycles. The molecule has 2 saturated carbocycles. The monoisotopic (exact) mass is 378 g/mol. The Balaban J connectivity index is 1.41. The van der Waals surface area contributed by atoms with Crippen molar-refractivity contribution in [3.05, 3.63) is 22.2 Å². The van der Waals surface area contributed by atoms with Crippen LogP contribution in [0.4, 0.5) is 0 Å². The lowest BCUT2D eigenvalue weighted by molar-refractivity contribution is -0.123. The molecule has 0 aromatic heterocycles. The lowest BCUT2D eigenvalue weighted by Gasteiger charge is -2.15. The van der Waals surface area contributed by atoms with Crippen molar-refractivity contribution in [3.8, 4) is 11.5 Å². The molecule has 0 spiro atoms. The van der Waals surface area contributed by atoms with Crippen LogP contribution in [-0.4, -0.2) is 18.9 Å². The molecule has 23 heavy (non-hydrogen) atoms. The fourth-order valence-electron chi connectivity index (χ4n) is 4.12. The summed E-state index contributed by atoms with van der Waals surface area (Å²) in [4.78, 5) is 12.4. The smallest absolute Gasteiger partial charge is 0.244 e. The van der Waals surface area contributed by atoms with Crippen molar-refractivity contribution in [2.24, 2.45) is 22.4 Å². The fraction of sp³-hybridized carbons (Fsp3) is 0.529. The van der Waals surface area contributed by atoms with Crippen molar-refractivity contribution in [2.75, 3.05) is 6.79 Å². The maximum atomic E-state index is 12.4. The fourth-order valence-corrected chi connectivity index (χ4v) is 4.54. The van der Waals surface area contributed by atoms with Gasteiger partial charge < -0.3 is 9.47 Å². The molecular weight excluding hydrogens is 360 g/mol. The minimum atomic E-state index is 0.0486. The molecule has 5 nitrogen and oxygen atoms in total. The van der Waals surface area contributed by atoms with Gasteiger partial charge in [0.1, 0.15) is 0 Å². The van der Waals surface area contributed by atoms with E-state index in [4.69, 9.17) is 9.47 Å². The maximum absolute atomic E-state index is 12.4. The normalized spacial score (nSPS) is 31.0. The van der Waals surface area contributed by atoms with E-state index in [2.05, 4.69) is 33.4 Å². The number of nitrogens with one attached hydrogen (secondary N) is 1. The van der Waals surface area contributed by atoms with Gasteiger partial charge in [-0.2, -0.15) is 5.10 Å². The zero-order valence-electron chi connectivity index (χ0n) is 13.0. The zero-order valence-corrected chi connectivity index (χ0v) is 14.6. The molecule has 122 valence electrons. The summed E-state index contributed by atoms with van der Waals surface area (Å²) in [6.45, 7) is 2.47. The van der Waals surface area contributed by atoms with Gasteiger partial charge in [0.05, 0.1) is 6.21 Å². The molecule has 1 aliphatic heterocycles. The van der Waals surface area contributed by atoms with E-state index in [1.54, 1.807) is 6.21 Å². The van der Waals surface area contributed by atoms with E-state index in [0.29, 0.717) is 17.4 Å². The molecule has 1 N–H and O–H groups in total. The first-order valence-electron chi connectivity index (χ1n) is 8.02. The minimum absolute atomic E-state index is 0.0486. The zero-order chi connectivity index (χ0) is 16.0. The summed E-state index contributed by atoms with van der Waals surface area (Å²) in [6.07, 6.45) is 6.46. The predicted octanol–water partition coefficient (Wildman–Crippen LogP) is 3.45. The van der Waals surface area contributed by atoms with E-state index in [1.807, 2.05) is 12.1 Å². The maximum Gasteiger partial charge on any atom is 0.244 e. The second kappa shape index (κ2) is 5.51. The number of hydrogen-bond acceptors (Lipinski definition) is 4. The number of rotatable bonds is 3. The van der Waals surface area contributed by atoms with Crippen molar-refractivity contribution in [2.45, 2.75) is 32.6 Å².